The Bertz CT molecular complexity index is 640. The number of hydrogen-bond donors (Lipinski definition) is 2. The lowest BCUT2D eigenvalue weighted by molar-refractivity contribution is -0.137. The molecule has 1 aromatic heterocycles. The van der Waals surface area contributed by atoms with Crippen molar-refractivity contribution >= 4 is 12.0 Å². The van der Waals surface area contributed by atoms with Crippen LogP contribution in [0.4, 0.5) is 4.79 Å². The topological polar surface area (TPSA) is 87.5 Å². The van der Waals surface area contributed by atoms with E-state index in [0.717, 1.165) is 11.3 Å². The van der Waals surface area contributed by atoms with Crippen LogP contribution in [0.25, 0.3) is 5.69 Å². The first-order chi connectivity index (χ1) is 10.6. The van der Waals surface area contributed by atoms with E-state index in [2.05, 4.69) is 10.4 Å². The summed E-state index contributed by atoms with van der Waals surface area (Å²) in [6.45, 7) is 0.508. The van der Waals surface area contributed by atoms with Gasteiger partial charge in [0.2, 0.25) is 0 Å². The van der Waals surface area contributed by atoms with Crippen molar-refractivity contribution in [1.29, 1.82) is 0 Å². The maximum absolute atomic E-state index is 11.9. The summed E-state index contributed by atoms with van der Waals surface area (Å²) in [7, 11) is 1.57. The van der Waals surface area contributed by atoms with Gasteiger partial charge in [-0.3, -0.25) is 4.79 Å². The van der Waals surface area contributed by atoms with Crippen LogP contribution in [0.1, 0.15) is 12.0 Å². The molecule has 7 nitrogen and oxygen atoms in total. The van der Waals surface area contributed by atoms with Crippen LogP contribution in [-0.2, 0) is 11.3 Å². The quantitative estimate of drug-likeness (QED) is 0.846. The number of carboxylic acid groups (broad SMARTS) is 1. The van der Waals surface area contributed by atoms with Gasteiger partial charge in [0.1, 0.15) is 0 Å². The van der Waals surface area contributed by atoms with Gasteiger partial charge in [-0.1, -0.05) is 18.2 Å². The lowest BCUT2D eigenvalue weighted by Crippen LogP contribution is -2.38. The third-order valence-electron chi connectivity index (χ3n) is 3.18. The first-order valence-electron chi connectivity index (χ1n) is 6.86. The van der Waals surface area contributed by atoms with Crippen molar-refractivity contribution in [2.45, 2.75) is 13.0 Å². The van der Waals surface area contributed by atoms with Gasteiger partial charge in [-0.15, -0.1) is 0 Å². The number of aliphatic carboxylic acids is 1. The zero-order valence-electron chi connectivity index (χ0n) is 12.3. The summed E-state index contributed by atoms with van der Waals surface area (Å²) in [5, 5.41) is 15.6. The normalized spacial score (nSPS) is 10.2. The van der Waals surface area contributed by atoms with E-state index in [1.807, 2.05) is 36.5 Å². The van der Waals surface area contributed by atoms with Crippen molar-refractivity contribution in [3.05, 3.63) is 48.3 Å². The van der Waals surface area contributed by atoms with Gasteiger partial charge in [0, 0.05) is 32.5 Å². The minimum atomic E-state index is -0.927. The molecule has 0 aliphatic rings. The minimum absolute atomic E-state index is 0.0756. The molecule has 2 aromatic rings. The van der Waals surface area contributed by atoms with Crippen LogP contribution in [0.15, 0.2) is 42.7 Å². The van der Waals surface area contributed by atoms with Crippen LogP contribution in [0.5, 0.6) is 0 Å². The number of carboxylic acids is 1. The van der Waals surface area contributed by atoms with E-state index in [-0.39, 0.29) is 19.0 Å². The Kier molecular flexibility index (Phi) is 5.13. The van der Waals surface area contributed by atoms with E-state index < -0.39 is 5.97 Å². The van der Waals surface area contributed by atoms with Crippen LogP contribution < -0.4 is 5.32 Å². The van der Waals surface area contributed by atoms with Crippen LogP contribution in [0.2, 0.25) is 0 Å². The number of benzene rings is 1. The average Bonchev–Trinajstić information content (AvgIpc) is 3.04. The molecule has 1 aromatic carbocycles. The predicted octanol–water partition coefficient (Wildman–Crippen LogP) is 1.49. The summed E-state index contributed by atoms with van der Waals surface area (Å²) in [5.41, 5.74) is 1.81. The summed E-state index contributed by atoms with van der Waals surface area (Å²) in [6.07, 6.45) is 3.45. The van der Waals surface area contributed by atoms with Gasteiger partial charge in [0.15, 0.2) is 0 Å². The van der Waals surface area contributed by atoms with Gasteiger partial charge in [-0.2, -0.15) is 5.10 Å². The molecule has 0 fully saturated rings. The monoisotopic (exact) mass is 302 g/mol. The molecule has 1 heterocycles. The fraction of sp³-hybridized carbons (Fsp3) is 0.267. The number of carbonyl (C=O) groups is 2. The first kappa shape index (κ1) is 15.6. The molecule has 0 unspecified atom stereocenters. The SMILES string of the molecule is CN(CCC(=O)O)C(=O)NCc1ccccc1-n1cccn1. The Morgan fingerprint density at radius 2 is 2.09 bits per heavy atom. The van der Waals surface area contributed by atoms with Crippen molar-refractivity contribution < 1.29 is 14.7 Å². The number of rotatable bonds is 6. The molecule has 0 saturated heterocycles. The van der Waals surface area contributed by atoms with E-state index in [1.54, 1.807) is 17.9 Å². The molecule has 0 spiro atoms. The molecule has 0 atom stereocenters. The Morgan fingerprint density at radius 1 is 1.32 bits per heavy atom. The predicted molar refractivity (Wildman–Crippen MR) is 80.7 cm³/mol. The fourth-order valence-corrected chi connectivity index (χ4v) is 1.97. The lowest BCUT2D eigenvalue weighted by atomic mass is 10.2. The summed E-state index contributed by atoms with van der Waals surface area (Å²) in [5.74, 6) is -0.927. The van der Waals surface area contributed by atoms with Gasteiger partial charge in [-0.25, -0.2) is 9.48 Å². The average molecular weight is 302 g/mol. The van der Waals surface area contributed by atoms with E-state index in [9.17, 15) is 9.59 Å². The lowest BCUT2D eigenvalue weighted by Gasteiger charge is -2.17. The van der Waals surface area contributed by atoms with Crippen molar-refractivity contribution in [2.24, 2.45) is 0 Å². The van der Waals surface area contributed by atoms with E-state index in [1.165, 1.54) is 4.90 Å². The first-order valence-corrected chi connectivity index (χ1v) is 6.86. The van der Waals surface area contributed by atoms with E-state index in [4.69, 9.17) is 5.11 Å². The number of hydrogen-bond acceptors (Lipinski definition) is 3. The highest BCUT2D eigenvalue weighted by atomic mass is 16.4. The molecule has 0 bridgehead atoms. The number of amides is 2. The van der Waals surface area contributed by atoms with Crippen molar-refractivity contribution in [2.75, 3.05) is 13.6 Å². The van der Waals surface area contributed by atoms with Crippen molar-refractivity contribution in [1.82, 2.24) is 20.0 Å². The van der Waals surface area contributed by atoms with Gasteiger partial charge < -0.3 is 15.3 Å². The molecular weight excluding hydrogens is 284 g/mol. The van der Waals surface area contributed by atoms with Crippen LogP contribution in [0.3, 0.4) is 0 Å². The fourth-order valence-electron chi connectivity index (χ4n) is 1.97. The van der Waals surface area contributed by atoms with Crippen LogP contribution >= 0.6 is 0 Å². The van der Waals surface area contributed by atoms with Crippen molar-refractivity contribution in [3.63, 3.8) is 0 Å². The maximum atomic E-state index is 11.9. The number of nitrogens with zero attached hydrogens (tertiary/aromatic N) is 3. The van der Waals surface area contributed by atoms with Crippen molar-refractivity contribution in [3.8, 4) is 5.69 Å². The molecule has 2 amide bonds. The third-order valence-corrected chi connectivity index (χ3v) is 3.18. The maximum Gasteiger partial charge on any atom is 0.317 e. The number of para-hydroxylation sites is 1. The van der Waals surface area contributed by atoms with E-state index in [0.29, 0.717) is 6.54 Å². The largest absolute Gasteiger partial charge is 0.481 e. The summed E-state index contributed by atoms with van der Waals surface area (Å²) in [4.78, 5) is 23.8. The molecule has 0 aliphatic carbocycles. The number of aromatic nitrogens is 2. The standard InChI is InChI=1S/C15H18N4O3/c1-18(10-7-14(20)21)15(22)16-11-12-5-2-3-6-13(12)19-9-4-8-17-19/h2-6,8-9H,7,10-11H2,1H3,(H,16,22)(H,20,21). The molecule has 0 saturated carbocycles. The highest BCUT2D eigenvalue weighted by molar-refractivity contribution is 5.75. The zero-order chi connectivity index (χ0) is 15.9. The molecule has 0 radical (unpaired) electrons. The molecule has 0 aliphatic heterocycles. The van der Waals surface area contributed by atoms with E-state index >= 15 is 0 Å². The second-order valence-corrected chi connectivity index (χ2v) is 4.80. The van der Waals surface area contributed by atoms with Gasteiger partial charge in [0.05, 0.1) is 12.1 Å². The smallest absolute Gasteiger partial charge is 0.317 e. The molecule has 22 heavy (non-hydrogen) atoms. The van der Waals surface area contributed by atoms with Crippen LogP contribution in [0, 0.1) is 0 Å². The number of carbonyl (C=O) groups excluding carboxylic acids is 1. The minimum Gasteiger partial charge on any atom is -0.481 e. The Morgan fingerprint density at radius 3 is 2.77 bits per heavy atom. The second-order valence-electron chi connectivity index (χ2n) is 4.80. The molecular formula is C15H18N4O3. The van der Waals surface area contributed by atoms with Crippen LogP contribution in [-0.4, -0.2) is 45.4 Å². The molecule has 7 heteroatoms. The van der Waals surface area contributed by atoms with Gasteiger partial charge in [-0.05, 0) is 17.7 Å². The number of nitrogens with one attached hydrogen (secondary N) is 1. The third kappa shape index (κ3) is 4.08. The highest BCUT2D eigenvalue weighted by Crippen LogP contribution is 2.13. The zero-order valence-corrected chi connectivity index (χ0v) is 12.3. The molecule has 2 rings (SSSR count). The Labute approximate surface area is 128 Å². The summed E-state index contributed by atoms with van der Waals surface area (Å²) < 4.78 is 1.73. The Hall–Kier alpha value is -2.83. The summed E-state index contributed by atoms with van der Waals surface area (Å²) >= 11 is 0. The second kappa shape index (κ2) is 7.26. The van der Waals surface area contributed by atoms with Gasteiger partial charge in [0.25, 0.3) is 0 Å². The van der Waals surface area contributed by atoms with Gasteiger partial charge >= 0.3 is 12.0 Å². The summed E-state index contributed by atoms with van der Waals surface area (Å²) in [6, 6.07) is 9.15. The Balaban J connectivity index is 1.97. The molecule has 116 valence electrons. The number of urea groups is 1. The molecule has 2 N–H and O–H groups in total. The highest BCUT2D eigenvalue weighted by Gasteiger charge is 2.11.